The van der Waals surface area contributed by atoms with E-state index >= 15 is 0 Å². The molecule has 0 nitrogen and oxygen atoms in total. The second-order valence-corrected chi connectivity index (χ2v) is 4.81. The topological polar surface area (TPSA) is 0 Å². The van der Waals surface area contributed by atoms with Gasteiger partial charge in [0.05, 0.1) is 0 Å². The minimum atomic E-state index is 0.754. The average Bonchev–Trinajstić information content (AvgIpc) is 1.95. The monoisotopic (exact) mass is 210 g/mol. The van der Waals surface area contributed by atoms with E-state index in [4.69, 9.17) is 22.3 Å². The fourth-order valence-electron chi connectivity index (χ4n) is 0.527. The Hall–Kier alpha value is 0.500. The molecule has 0 aliphatic rings. The van der Waals surface area contributed by atoms with Crippen molar-refractivity contribution in [2.45, 2.75) is 4.90 Å². The Morgan fingerprint density at radius 2 is 1.70 bits per heavy atom. The predicted octanol–water partition coefficient (Wildman–Crippen LogP) is 4.23. The summed E-state index contributed by atoms with van der Waals surface area (Å²) in [6.45, 7) is 0. The first kappa shape index (κ1) is 8.60. The van der Waals surface area contributed by atoms with Crippen molar-refractivity contribution in [2.24, 2.45) is 0 Å². The second-order valence-electron chi connectivity index (χ2n) is 1.60. The third-order valence-corrected chi connectivity index (χ3v) is 3.05. The Balaban J connectivity index is 2.69. The Morgan fingerprint density at radius 1 is 1.10 bits per heavy atom. The molecule has 0 aliphatic carbocycles. The van der Waals surface area contributed by atoms with Crippen molar-refractivity contribution >= 4 is 43.1 Å². The highest BCUT2D eigenvalue weighted by Gasteiger charge is 1.91. The number of benzene rings is 1. The Morgan fingerprint density at radius 3 is 2.20 bits per heavy atom. The van der Waals surface area contributed by atoms with Gasteiger partial charge in [0.15, 0.2) is 0 Å². The van der Waals surface area contributed by atoms with E-state index in [2.05, 4.69) is 0 Å². The minimum absolute atomic E-state index is 0.754. The number of halogens is 2. The molecular formula is C6H4Cl2S2. The zero-order valence-corrected chi connectivity index (χ0v) is 8.03. The van der Waals surface area contributed by atoms with Crippen molar-refractivity contribution < 1.29 is 0 Å². The third-order valence-electron chi connectivity index (χ3n) is 0.941. The summed E-state index contributed by atoms with van der Waals surface area (Å²) in [6, 6.07) is 7.55. The van der Waals surface area contributed by atoms with Gasteiger partial charge < -0.3 is 0 Å². The smallest absolute Gasteiger partial charge is 0.0406 e. The summed E-state index contributed by atoms with van der Waals surface area (Å²) >= 11 is 5.66. The molecule has 1 rings (SSSR count). The molecule has 0 saturated carbocycles. The molecule has 0 N–H and O–H groups in total. The fourth-order valence-corrected chi connectivity index (χ4v) is 2.18. The van der Waals surface area contributed by atoms with Crippen molar-refractivity contribution in [1.82, 2.24) is 0 Å². The summed E-state index contributed by atoms with van der Waals surface area (Å²) in [4.78, 5) is 1.12. The van der Waals surface area contributed by atoms with Gasteiger partial charge in [0.1, 0.15) is 0 Å². The number of rotatable bonds is 2. The van der Waals surface area contributed by atoms with Gasteiger partial charge in [0.2, 0.25) is 0 Å². The lowest BCUT2D eigenvalue weighted by Crippen LogP contribution is -1.64. The minimum Gasteiger partial charge on any atom is -0.0843 e. The molecule has 0 aliphatic heterocycles. The van der Waals surface area contributed by atoms with Crippen LogP contribution < -0.4 is 0 Å². The van der Waals surface area contributed by atoms with E-state index in [1.54, 1.807) is 0 Å². The van der Waals surface area contributed by atoms with E-state index in [0.717, 1.165) is 9.92 Å². The summed E-state index contributed by atoms with van der Waals surface area (Å²) in [5.74, 6) is 0. The number of hydrogen-bond acceptors (Lipinski definition) is 2. The van der Waals surface area contributed by atoms with Crippen LogP contribution in [0.3, 0.4) is 0 Å². The van der Waals surface area contributed by atoms with E-state index in [0.29, 0.717) is 0 Å². The molecule has 10 heavy (non-hydrogen) atoms. The lowest BCUT2D eigenvalue weighted by Gasteiger charge is -1.93. The summed E-state index contributed by atoms with van der Waals surface area (Å²) in [5, 5.41) is 0.754. The second kappa shape index (κ2) is 4.39. The number of hydrogen-bond donors (Lipinski definition) is 0. The molecule has 0 saturated heterocycles. The van der Waals surface area contributed by atoms with Gasteiger partial charge in [0.25, 0.3) is 0 Å². The van der Waals surface area contributed by atoms with Crippen molar-refractivity contribution in [1.29, 1.82) is 0 Å². The van der Waals surface area contributed by atoms with Gasteiger partial charge in [-0.1, -0.05) is 11.6 Å². The predicted molar refractivity (Wildman–Crippen MR) is 50.8 cm³/mol. The fraction of sp³-hybridized carbons (Fsp3) is 0. The molecule has 0 atom stereocenters. The van der Waals surface area contributed by atoms with Crippen LogP contribution in [0, 0.1) is 0 Å². The zero-order valence-electron chi connectivity index (χ0n) is 4.88. The Kier molecular flexibility index (Phi) is 3.78. The molecule has 0 unspecified atom stereocenters. The molecule has 54 valence electrons. The van der Waals surface area contributed by atoms with Gasteiger partial charge in [0, 0.05) is 19.9 Å². The van der Waals surface area contributed by atoms with E-state index in [9.17, 15) is 0 Å². The highest BCUT2D eigenvalue weighted by atomic mass is 35.7. The molecule has 1 aromatic carbocycles. The van der Waals surface area contributed by atoms with Gasteiger partial charge in [-0.05, 0) is 45.7 Å². The van der Waals surface area contributed by atoms with E-state index < -0.39 is 0 Å². The van der Waals surface area contributed by atoms with E-state index in [-0.39, 0.29) is 0 Å². The highest BCUT2D eigenvalue weighted by Crippen LogP contribution is 2.34. The highest BCUT2D eigenvalue weighted by molar-refractivity contribution is 8.85. The Bertz CT molecular complexity index is 197. The van der Waals surface area contributed by atoms with Crippen molar-refractivity contribution in [2.75, 3.05) is 0 Å². The molecule has 4 heteroatoms. The summed E-state index contributed by atoms with van der Waals surface area (Å²) < 4.78 is 0. The van der Waals surface area contributed by atoms with Gasteiger partial charge in [-0.15, -0.1) is 0 Å². The normalized spacial score (nSPS) is 9.80. The van der Waals surface area contributed by atoms with Crippen LogP contribution in [-0.2, 0) is 0 Å². The first-order valence-electron chi connectivity index (χ1n) is 2.54. The van der Waals surface area contributed by atoms with Crippen LogP contribution in [0.4, 0.5) is 0 Å². The van der Waals surface area contributed by atoms with Crippen LogP contribution in [0.5, 0.6) is 0 Å². The molecular weight excluding hydrogens is 207 g/mol. The van der Waals surface area contributed by atoms with E-state index in [1.807, 2.05) is 24.3 Å². The molecule has 0 fully saturated rings. The lowest BCUT2D eigenvalue weighted by molar-refractivity contribution is 1.48. The maximum atomic E-state index is 5.66. The van der Waals surface area contributed by atoms with Crippen LogP contribution in [-0.4, -0.2) is 0 Å². The summed E-state index contributed by atoms with van der Waals surface area (Å²) in [5.41, 5.74) is 0. The van der Waals surface area contributed by atoms with Crippen molar-refractivity contribution in [3.8, 4) is 0 Å². The van der Waals surface area contributed by atoms with E-state index in [1.165, 1.54) is 20.8 Å². The average molecular weight is 211 g/mol. The van der Waals surface area contributed by atoms with Crippen LogP contribution in [0.15, 0.2) is 29.2 Å². The van der Waals surface area contributed by atoms with Gasteiger partial charge in [-0.25, -0.2) is 0 Å². The maximum Gasteiger partial charge on any atom is 0.0406 e. The quantitative estimate of drug-likeness (QED) is 0.671. The molecule has 0 heterocycles. The lowest BCUT2D eigenvalue weighted by atomic mass is 10.4. The van der Waals surface area contributed by atoms with Crippen LogP contribution in [0.1, 0.15) is 0 Å². The largest absolute Gasteiger partial charge is 0.0843 e. The standard InChI is InChI=1S/C6H4Cl2S2/c7-5-1-3-6(4-2-5)9-10-8/h1-4H. The van der Waals surface area contributed by atoms with Gasteiger partial charge >= 0.3 is 0 Å². The van der Waals surface area contributed by atoms with Crippen molar-refractivity contribution in [3.63, 3.8) is 0 Å². The first-order valence-corrected chi connectivity index (χ1v) is 5.89. The van der Waals surface area contributed by atoms with Crippen LogP contribution in [0.2, 0.25) is 5.02 Å². The Labute approximate surface area is 77.2 Å². The molecule has 0 bridgehead atoms. The molecule has 0 spiro atoms. The first-order chi connectivity index (χ1) is 4.83. The summed E-state index contributed by atoms with van der Waals surface area (Å²) in [7, 11) is 8.14. The van der Waals surface area contributed by atoms with Crippen molar-refractivity contribution in [3.05, 3.63) is 29.3 Å². The summed E-state index contributed by atoms with van der Waals surface area (Å²) in [6.07, 6.45) is 0. The molecule has 1 aromatic rings. The molecule has 0 aromatic heterocycles. The van der Waals surface area contributed by atoms with Gasteiger partial charge in [-0.3, -0.25) is 0 Å². The molecule has 0 amide bonds. The van der Waals surface area contributed by atoms with Crippen LogP contribution >= 0.6 is 43.1 Å². The third kappa shape index (κ3) is 2.62. The van der Waals surface area contributed by atoms with Gasteiger partial charge in [-0.2, -0.15) is 0 Å². The van der Waals surface area contributed by atoms with Crippen LogP contribution in [0.25, 0.3) is 0 Å². The molecule has 0 radical (unpaired) electrons. The maximum absolute atomic E-state index is 5.66. The zero-order chi connectivity index (χ0) is 7.40. The SMILES string of the molecule is ClSSc1ccc(Cl)cc1.